The first-order chi connectivity index (χ1) is 12.3. The topological polar surface area (TPSA) is 56.3 Å². The van der Waals surface area contributed by atoms with Crippen molar-refractivity contribution in [2.45, 2.75) is 19.3 Å². The van der Waals surface area contributed by atoms with Gasteiger partial charge in [0.2, 0.25) is 0 Å². The molecule has 0 fully saturated rings. The second-order valence-corrected chi connectivity index (χ2v) is 7.28. The van der Waals surface area contributed by atoms with Crippen molar-refractivity contribution in [2.75, 3.05) is 6.54 Å². The number of benzene rings is 2. The van der Waals surface area contributed by atoms with Gasteiger partial charge in [-0.3, -0.25) is 4.79 Å². The first-order valence-corrected chi connectivity index (χ1v) is 8.45. The molecule has 1 aliphatic rings. The van der Waals surface area contributed by atoms with Crippen molar-refractivity contribution in [3.05, 3.63) is 71.3 Å². The lowest BCUT2D eigenvalue weighted by Crippen LogP contribution is -2.36. The third-order valence-electron chi connectivity index (χ3n) is 4.83. The molecule has 1 amide bonds. The quantitative estimate of drug-likeness (QED) is 0.683. The number of H-pyrrole nitrogens is 1. The van der Waals surface area contributed by atoms with Crippen LogP contribution in [0.4, 0.5) is 4.39 Å². The number of amides is 1. The number of carbonyl (C=O) groups excluding carboxylic acids is 1. The number of aromatic amines is 1. The Morgan fingerprint density at radius 3 is 2.65 bits per heavy atom. The summed E-state index contributed by atoms with van der Waals surface area (Å²) < 4.78 is 13.1. The highest BCUT2D eigenvalue weighted by Crippen LogP contribution is 2.38. The number of halogens is 1. The summed E-state index contributed by atoms with van der Waals surface area (Å²) >= 11 is 0. The predicted octanol–water partition coefficient (Wildman–Crippen LogP) is 4.42. The summed E-state index contributed by atoms with van der Waals surface area (Å²) in [7, 11) is 0. The van der Waals surface area contributed by atoms with Crippen molar-refractivity contribution < 1.29 is 14.3 Å². The smallest absolute Gasteiger partial charge is 0.257 e. The normalized spacial score (nSPS) is 15.7. The summed E-state index contributed by atoms with van der Waals surface area (Å²) in [6.45, 7) is 4.66. The second-order valence-electron chi connectivity index (χ2n) is 7.28. The van der Waals surface area contributed by atoms with Crippen LogP contribution in [-0.4, -0.2) is 27.4 Å². The molecule has 0 unspecified atom stereocenters. The summed E-state index contributed by atoms with van der Waals surface area (Å²) in [5, 5.41) is 10.8. The van der Waals surface area contributed by atoms with E-state index in [4.69, 9.17) is 0 Å². The molecule has 2 heterocycles. The number of rotatable bonds is 1. The van der Waals surface area contributed by atoms with Gasteiger partial charge in [-0.15, -0.1) is 0 Å². The number of hydrogen-bond acceptors (Lipinski definition) is 2. The van der Waals surface area contributed by atoms with Gasteiger partial charge >= 0.3 is 0 Å². The van der Waals surface area contributed by atoms with E-state index in [9.17, 15) is 14.3 Å². The number of hydrogen-bond donors (Lipinski definition) is 2. The molecule has 2 aromatic carbocycles. The Hall–Kier alpha value is -3.08. The first kappa shape index (κ1) is 16.4. The van der Waals surface area contributed by atoms with Crippen molar-refractivity contribution in [1.29, 1.82) is 0 Å². The maximum atomic E-state index is 13.1. The van der Waals surface area contributed by atoms with Gasteiger partial charge < -0.3 is 15.0 Å². The molecule has 0 bridgehead atoms. The van der Waals surface area contributed by atoms with Crippen LogP contribution in [0.2, 0.25) is 0 Å². The Morgan fingerprint density at radius 2 is 1.92 bits per heavy atom. The van der Waals surface area contributed by atoms with Gasteiger partial charge in [0.05, 0.1) is 0 Å². The van der Waals surface area contributed by atoms with E-state index in [-0.39, 0.29) is 22.9 Å². The van der Waals surface area contributed by atoms with Crippen molar-refractivity contribution in [3.8, 4) is 5.75 Å². The van der Waals surface area contributed by atoms with Crippen LogP contribution in [0.5, 0.6) is 5.75 Å². The Morgan fingerprint density at radius 1 is 1.19 bits per heavy atom. The number of aromatic nitrogens is 1. The number of aromatic hydroxyl groups is 1. The van der Waals surface area contributed by atoms with Crippen molar-refractivity contribution >= 4 is 22.9 Å². The number of nitrogens with zero attached hydrogens (tertiary/aromatic N) is 1. The average molecular weight is 350 g/mol. The van der Waals surface area contributed by atoms with Gasteiger partial charge in [0, 0.05) is 46.4 Å². The summed E-state index contributed by atoms with van der Waals surface area (Å²) in [5.74, 6) is -0.316. The largest absolute Gasteiger partial charge is 0.508 e. The van der Waals surface area contributed by atoms with Crippen LogP contribution in [0.1, 0.15) is 35.5 Å². The van der Waals surface area contributed by atoms with Crippen LogP contribution in [-0.2, 0) is 5.41 Å². The third-order valence-corrected chi connectivity index (χ3v) is 4.83. The number of nitrogens with one attached hydrogen (secondary N) is 1. The molecular formula is C21H19FN2O2. The van der Waals surface area contributed by atoms with Gasteiger partial charge in [-0.2, -0.15) is 0 Å². The van der Waals surface area contributed by atoms with E-state index in [0.717, 1.165) is 22.2 Å². The minimum Gasteiger partial charge on any atom is -0.508 e. The lowest BCUT2D eigenvalue weighted by atomic mass is 9.82. The number of phenols is 1. The molecule has 132 valence electrons. The SMILES string of the molecule is CC1(C)CN(C(=O)c2ccc(F)cc2)C=Cc2[nH]c3cc(O)ccc3c21. The minimum absolute atomic E-state index is 0.165. The van der Waals surface area contributed by atoms with Crippen LogP contribution in [0.3, 0.4) is 0 Å². The minimum atomic E-state index is -0.363. The van der Waals surface area contributed by atoms with Gasteiger partial charge in [0.25, 0.3) is 5.91 Å². The molecule has 2 N–H and O–H groups in total. The zero-order chi connectivity index (χ0) is 18.5. The summed E-state index contributed by atoms with van der Waals surface area (Å²) in [5.41, 5.74) is 3.03. The number of phenolic OH excluding ortho intramolecular Hbond substituents is 1. The molecule has 26 heavy (non-hydrogen) atoms. The highest BCUT2D eigenvalue weighted by Gasteiger charge is 2.33. The second kappa shape index (κ2) is 5.73. The maximum absolute atomic E-state index is 13.1. The Balaban J connectivity index is 1.76. The fourth-order valence-electron chi connectivity index (χ4n) is 3.68. The molecule has 4 nitrogen and oxygen atoms in total. The monoisotopic (exact) mass is 350 g/mol. The van der Waals surface area contributed by atoms with Crippen LogP contribution >= 0.6 is 0 Å². The van der Waals surface area contributed by atoms with E-state index in [2.05, 4.69) is 18.8 Å². The molecule has 3 aromatic rings. The molecule has 0 atom stereocenters. The predicted molar refractivity (Wildman–Crippen MR) is 99.5 cm³/mol. The highest BCUT2D eigenvalue weighted by atomic mass is 19.1. The standard InChI is InChI=1S/C21H19FN2O2/c1-21(2)12-24(20(26)13-3-5-14(22)6-4-13)10-9-17-19(21)16-8-7-15(25)11-18(16)23-17/h3-11,23,25H,12H2,1-2H3. The average Bonchev–Trinajstić information content (AvgIpc) is 2.90. The van der Waals surface area contributed by atoms with E-state index < -0.39 is 0 Å². The lowest BCUT2D eigenvalue weighted by molar-refractivity contribution is 0.0801. The zero-order valence-corrected chi connectivity index (χ0v) is 14.6. The molecule has 4 rings (SSSR count). The highest BCUT2D eigenvalue weighted by molar-refractivity contribution is 5.96. The fraction of sp³-hybridized carbons (Fsp3) is 0.190. The fourth-order valence-corrected chi connectivity index (χ4v) is 3.68. The van der Waals surface area contributed by atoms with E-state index in [1.807, 2.05) is 12.1 Å². The van der Waals surface area contributed by atoms with Gasteiger partial charge in [-0.05, 0) is 48.0 Å². The van der Waals surface area contributed by atoms with Crippen molar-refractivity contribution in [1.82, 2.24) is 9.88 Å². The summed E-state index contributed by atoms with van der Waals surface area (Å²) in [6.07, 6.45) is 3.64. The Bertz CT molecular complexity index is 1030. The number of carbonyl (C=O) groups is 1. The molecule has 0 saturated heterocycles. The van der Waals surface area contributed by atoms with Gasteiger partial charge in [-0.25, -0.2) is 4.39 Å². The van der Waals surface area contributed by atoms with Crippen LogP contribution in [0.25, 0.3) is 17.0 Å². The molecular weight excluding hydrogens is 331 g/mol. The zero-order valence-electron chi connectivity index (χ0n) is 14.6. The lowest BCUT2D eigenvalue weighted by Gasteiger charge is -2.29. The Kier molecular flexibility index (Phi) is 3.61. The van der Waals surface area contributed by atoms with Gasteiger partial charge in [-0.1, -0.05) is 13.8 Å². The van der Waals surface area contributed by atoms with E-state index in [1.54, 1.807) is 23.2 Å². The first-order valence-electron chi connectivity index (χ1n) is 8.45. The molecule has 0 spiro atoms. The van der Waals surface area contributed by atoms with Crippen LogP contribution in [0, 0.1) is 5.82 Å². The van der Waals surface area contributed by atoms with E-state index in [0.29, 0.717) is 12.1 Å². The van der Waals surface area contributed by atoms with Crippen LogP contribution < -0.4 is 0 Å². The Labute approximate surface area is 150 Å². The third kappa shape index (κ3) is 2.65. The molecule has 5 heteroatoms. The maximum Gasteiger partial charge on any atom is 0.257 e. The van der Waals surface area contributed by atoms with Gasteiger partial charge in [0.15, 0.2) is 0 Å². The van der Waals surface area contributed by atoms with Crippen molar-refractivity contribution in [3.63, 3.8) is 0 Å². The van der Waals surface area contributed by atoms with Gasteiger partial charge in [0.1, 0.15) is 11.6 Å². The molecule has 0 saturated carbocycles. The van der Waals surface area contributed by atoms with E-state index in [1.165, 1.54) is 24.3 Å². The molecule has 1 aromatic heterocycles. The summed E-state index contributed by atoms with van der Waals surface area (Å²) in [6, 6.07) is 10.9. The summed E-state index contributed by atoms with van der Waals surface area (Å²) in [4.78, 5) is 17.8. The van der Waals surface area contributed by atoms with E-state index >= 15 is 0 Å². The molecule has 1 aliphatic heterocycles. The molecule has 0 radical (unpaired) electrons. The number of fused-ring (bicyclic) bond motifs is 3. The molecule has 0 aliphatic carbocycles. The van der Waals surface area contributed by atoms with Crippen molar-refractivity contribution in [2.24, 2.45) is 0 Å². The van der Waals surface area contributed by atoms with Crippen LogP contribution in [0.15, 0.2) is 48.7 Å².